The van der Waals surface area contributed by atoms with E-state index in [0.29, 0.717) is 6.07 Å². The van der Waals surface area contributed by atoms with Gasteiger partial charge in [0.25, 0.3) is 9.05 Å². The lowest BCUT2D eigenvalue weighted by atomic mass is 10.3. The number of benzene rings is 1. The maximum absolute atomic E-state index is 13.8. The Kier molecular flexibility index (Phi) is 4.52. The molecular weight excluding hydrogens is 349 g/mol. The van der Waals surface area contributed by atoms with Crippen LogP contribution in [0.4, 0.5) is 8.78 Å². The Balaban J connectivity index is 2.71. The van der Waals surface area contributed by atoms with E-state index in [2.05, 4.69) is 5.10 Å². The monoisotopic (exact) mass is 356 g/mol. The van der Waals surface area contributed by atoms with E-state index < -0.39 is 30.7 Å². The molecule has 0 radical (unpaired) electrons. The van der Waals surface area contributed by atoms with Crippen LogP contribution in [-0.4, -0.2) is 25.3 Å². The van der Waals surface area contributed by atoms with Crippen LogP contribution in [0.5, 0.6) is 0 Å². The molecule has 0 spiro atoms. The Bertz CT molecular complexity index is 793. The molecule has 0 saturated heterocycles. The third-order valence-electron chi connectivity index (χ3n) is 2.52. The second kappa shape index (κ2) is 5.88. The number of hydrogen-bond donors (Lipinski definition) is 0. The van der Waals surface area contributed by atoms with Gasteiger partial charge in [-0.25, -0.2) is 21.9 Å². The van der Waals surface area contributed by atoms with Gasteiger partial charge in [0.15, 0.2) is 11.0 Å². The molecule has 21 heavy (non-hydrogen) atoms. The second-order valence-electron chi connectivity index (χ2n) is 3.95. The van der Waals surface area contributed by atoms with Crippen LogP contribution >= 0.6 is 22.3 Å². The number of rotatable bonds is 4. The van der Waals surface area contributed by atoms with Crippen molar-refractivity contribution in [3.8, 4) is 5.69 Å². The molecule has 10 heteroatoms. The molecule has 0 saturated carbocycles. The molecule has 0 atom stereocenters. The summed E-state index contributed by atoms with van der Waals surface area (Å²) in [6.45, 7) is -0.198. The molecule has 114 valence electrons. The fourth-order valence-corrected chi connectivity index (χ4v) is 3.53. The maximum atomic E-state index is 13.8. The molecule has 1 aromatic carbocycles. The van der Waals surface area contributed by atoms with E-state index in [0.717, 1.165) is 16.8 Å². The van der Waals surface area contributed by atoms with Gasteiger partial charge in [-0.1, -0.05) is 11.6 Å². The largest absolute Gasteiger partial charge is 0.378 e. The zero-order chi connectivity index (χ0) is 15.8. The highest BCUT2D eigenvalue weighted by molar-refractivity contribution is 8.13. The minimum absolute atomic E-state index is 0.0822. The Morgan fingerprint density at radius 1 is 1.38 bits per heavy atom. The molecular formula is C11H8Cl2F2N2O3S. The Hall–Kier alpha value is -1.22. The van der Waals surface area contributed by atoms with Gasteiger partial charge < -0.3 is 4.74 Å². The van der Waals surface area contributed by atoms with Gasteiger partial charge in [0.1, 0.15) is 22.1 Å². The molecule has 5 nitrogen and oxygen atoms in total. The van der Waals surface area contributed by atoms with Crippen molar-refractivity contribution in [2.75, 3.05) is 7.11 Å². The number of nitrogens with zero attached hydrogens (tertiary/aromatic N) is 2. The third kappa shape index (κ3) is 3.18. The third-order valence-corrected chi connectivity index (χ3v) is 4.36. The van der Waals surface area contributed by atoms with Crippen molar-refractivity contribution < 1.29 is 21.9 Å². The van der Waals surface area contributed by atoms with Gasteiger partial charge in [0.2, 0.25) is 0 Å². The van der Waals surface area contributed by atoms with Gasteiger partial charge in [-0.3, -0.25) is 0 Å². The molecule has 2 rings (SSSR count). The number of methoxy groups -OCH3 is 1. The van der Waals surface area contributed by atoms with Gasteiger partial charge in [-0.05, 0) is 12.1 Å². The standard InChI is InChI=1S/C11H8Cl2F2N2O3S/c1-20-5-8-10(21(13,18)19)11(12)17(16-8)9-3-2-6(14)4-7(9)15/h2-4H,5H2,1H3. The van der Waals surface area contributed by atoms with Crippen molar-refractivity contribution in [2.45, 2.75) is 11.5 Å². The lowest BCUT2D eigenvalue weighted by Crippen LogP contribution is -2.01. The molecule has 0 N–H and O–H groups in total. The molecule has 0 aliphatic heterocycles. The molecule has 0 unspecified atom stereocenters. The predicted octanol–water partition coefficient (Wildman–Crippen LogP) is 2.88. The number of ether oxygens (including phenoxy) is 1. The van der Waals surface area contributed by atoms with Crippen LogP contribution in [0.3, 0.4) is 0 Å². The highest BCUT2D eigenvalue weighted by atomic mass is 35.7. The van der Waals surface area contributed by atoms with Crippen LogP contribution in [0, 0.1) is 11.6 Å². The normalized spacial score (nSPS) is 11.9. The van der Waals surface area contributed by atoms with E-state index in [9.17, 15) is 17.2 Å². The van der Waals surface area contributed by atoms with Crippen molar-refractivity contribution >= 4 is 31.3 Å². The van der Waals surface area contributed by atoms with Crippen molar-refractivity contribution in [3.05, 3.63) is 40.7 Å². The van der Waals surface area contributed by atoms with Crippen molar-refractivity contribution in [1.82, 2.24) is 9.78 Å². The highest BCUT2D eigenvalue weighted by Crippen LogP contribution is 2.31. The van der Waals surface area contributed by atoms with E-state index in [4.69, 9.17) is 27.0 Å². The average molecular weight is 357 g/mol. The summed E-state index contributed by atoms with van der Waals surface area (Å²) in [7, 11) is 2.40. The van der Waals surface area contributed by atoms with Crippen LogP contribution in [0.1, 0.15) is 5.69 Å². The number of aromatic nitrogens is 2. The number of hydrogen-bond acceptors (Lipinski definition) is 4. The molecule has 0 fully saturated rings. The van der Waals surface area contributed by atoms with Crippen molar-refractivity contribution in [2.24, 2.45) is 0 Å². The van der Waals surface area contributed by atoms with Crippen LogP contribution in [0.15, 0.2) is 23.1 Å². The summed E-state index contributed by atoms with van der Waals surface area (Å²) in [5, 5.41) is 3.45. The fraction of sp³-hybridized carbons (Fsp3) is 0.182. The summed E-state index contributed by atoms with van der Waals surface area (Å²) in [4.78, 5) is -0.476. The van der Waals surface area contributed by atoms with Crippen LogP contribution in [0.2, 0.25) is 5.15 Å². The quantitative estimate of drug-likeness (QED) is 0.790. The summed E-state index contributed by atoms with van der Waals surface area (Å²) in [5.41, 5.74) is -0.299. The first-order chi connectivity index (χ1) is 9.75. The van der Waals surface area contributed by atoms with Gasteiger partial charge in [-0.2, -0.15) is 5.10 Å². The smallest absolute Gasteiger partial charge is 0.266 e. The van der Waals surface area contributed by atoms with E-state index in [1.54, 1.807) is 0 Å². The summed E-state index contributed by atoms with van der Waals surface area (Å²) in [6, 6.07) is 2.68. The van der Waals surface area contributed by atoms with Crippen LogP contribution in [0.25, 0.3) is 5.69 Å². The topological polar surface area (TPSA) is 61.2 Å². The lowest BCUT2D eigenvalue weighted by molar-refractivity contribution is 0.179. The molecule has 0 bridgehead atoms. The fourth-order valence-electron chi connectivity index (χ4n) is 1.71. The van der Waals surface area contributed by atoms with Gasteiger partial charge in [-0.15, -0.1) is 0 Å². The summed E-state index contributed by atoms with van der Waals surface area (Å²) in [5.74, 6) is -1.75. The van der Waals surface area contributed by atoms with Crippen molar-refractivity contribution in [3.63, 3.8) is 0 Å². The van der Waals surface area contributed by atoms with Crippen LogP contribution in [-0.2, 0) is 20.4 Å². The molecule has 0 amide bonds. The van der Waals surface area contributed by atoms with Crippen LogP contribution < -0.4 is 0 Å². The molecule has 0 aliphatic rings. The first kappa shape index (κ1) is 16.2. The van der Waals surface area contributed by atoms with Gasteiger partial charge in [0, 0.05) is 23.9 Å². The lowest BCUT2D eigenvalue weighted by Gasteiger charge is -2.04. The van der Waals surface area contributed by atoms with E-state index in [1.165, 1.54) is 7.11 Å². The zero-order valence-electron chi connectivity index (χ0n) is 10.5. The van der Waals surface area contributed by atoms with E-state index in [1.807, 2.05) is 0 Å². The first-order valence-electron chi connectivity index (χ1n) is 5.42. The predicted molar refractivity (Wildman–Crippen MR) is 72.2 cm³/mol. The molecule has 0 aliphatic carbocycles. The maximum Gasteiger partial charge on any atom is 0.266 e. The van der Waals surface area contributed by atoms with Gasteiger partial charge >= 0.3 is 0 Å². The van der Waals surface area contributed by atoms with E-state index in [-0.39, 0.29) is 18.0 Å². The summed E-state index contributed by atoms with van der Waals surface area (Å²) >= 11 is 5.92. The minimum Gasteiger partial charge on any atom is -0.378 e. The second-order valence-corrected chi connectivity index (χ2v) is 6.81. The Labute approximate surface area is 128 Å². The molecule has 1 heterocycles. The van der Waals surface area contributed by atoms with E-state index >= 15 is 0 Å². The summed E-state index contributed by atoms with van der Waals surface area (Å²) < 4.78 is 55.4. The highest BCUT2D eigenvalue weighted by Gasteiger charge is 2.27. The molecule has 1 aromatic heterocycles. The first-order valence-corrected chi connectivity index (χ1v) is 8.11. The number of halogens is 4. The Morgan fingerprint density at radius 3 is 2.57 bits per heavy atom. The Morgan fingerprint density at radius 2 is 2.05 bits per heavy atom. The van der Waals surface area contributed by atoms with Crippen molar-refractivity contribution in [1.29, 1.82) is 0 Å². The SMILES string of the molecule is COCc1nn(-c2ccc(F)cc2F)c(Cl)c1S(=O)(=O)Cl. The molecule has 2 aromatic rings. The average Bonchev–Trinajstić information content (AvgIpc) is 2.66. The van der Waals surface area contributed by atoms with Gasteiger partial charge in [0.05, 0.1) is 6.61 Å². The summed E-state index contributed by atoms with van der Waals surface area (Å²) in [6.07, 6.45) is 0. The minimum atomic E-state index is -4.21. The zero-order valence-corrected chi connectivity index (χ0v) is 12.8.